The van der Waals surface area contributed by atoms with E-state index >= 15 is 0 Å². The van der Waals surface area contributed by atoms with E-state index in [1.165, 1.54) is 0 Å². The first-order valence-corrected chi connectivity index (χ1v) is 6.84. The molecule has 2 fully saturated rings. The second kappa shape index (κ2) is 5.57. The molecule has 0 radical (unpaired) electrons. The van der Waals surface area contributed by atoms with Gasteiger partial charge in [-0.25, -0.2) is 0 Å². The molecule has 0 amide bonds. The van der Waals surface area contributed by atoms with Crippen LogP contribution >= 0.6 is 0 Å². The van der Waals surface area contributed by atoms with Crippen molar-refractivity contribution in [2.24, 2.45) is 0 Å². The zero-order valence-corrected chi connectivity index (χ0v) is 12.8. The van der Waals surface area contributed by atoms with Gasteiger partial charge in [-0.05, 0) is 71.2 Å². The van der Waals surface area contributed by atoms with E-state index in [1.807, 2.05) is 0 Å². The highest BCUT2D eigenvalue weighted by molar-refractivity contribution is 6.62. The Morgan fingerprint density at radius 1 is 1.32 bits per heavy atom. The molecule has 0 bridgehead atoms. The molecule has 120 valence electrons. The predicted molar refractivity (Wildman–Crippen MR) is 92.8 cm³/mol. The summed E-state index contributed by atoms with van der Waals surface area (Å²) in [4.78, 5) is -0.273. The van der Waals surface area contributed by atoms with Gasteiger partial charge in [-0.2, -0.15) is 0 Å². The number of piperidine rings is 1. The van der Waals surface area contributed by atoms with Crippen LogP contribution in [0.2, 0.25) is 0 Å². The van der Waals surface area contributed by atoms with Crippen molar-refractivity contribution in [2.75, 3.05) is 11.4 Å². The summed E-state index contributed by atoms with van der Waals surface area (Å²) in [5, 5.41) is 0. The molecule has 0 spiro atoms. The van der Waals surface area contributed by atoms with E-state index in [-0.39, 0.29) is 4.90 Å². The fourth-order valence-corrected chi connectivity index (χ4v) is 1.99. The molecule has 0 aromatic heterocycles. The van der Waals surface area contributed by atoms with E-state index in [4.69, 9.17) is 31.2 Å². The molecule has 1 aromatic rings. The lowest BCUT2D eigenvalue weighted by atomic mass is 9.79. The van der Waals surface area contributed by atoms with Crippen LogP contribution in [-0.2, 0) is 9.31 Å². The van der Waals surface area contributed by atoms with Crippen LogP contribution in [0.15, 0.2) is 24.2 Å². The van der Waals surface area contributed by atoms with Gasteiger partial charge in [0.2, 0.25) is 0 Å². The molecule has 1 aromatic carbocycles. The molecule has 0 aliphatic carbocycles. The van der Waals surface area contributed by atoms with Crippen molar-refractivity contribution >= 4 is 18.3 Å². The first-order valence-electron chi connectivity index (χ1n) is 14.8. The van der Waals surface area contributed by atoms with Crippen LogP contribution in [0.4, 0.5) is 5.69 Å². The van der Waals surface area contributed by atoms with Crippen molar-refractivity contribution in [3.8, 4) is 0 Å². The summed E-state index contributed by atoms with van der Waals surface area (Å²) < 4.78 is 145. The highest BCUT2D eigenvalue weighted by Crippen LogP contribution is 2.36. The number of hydrogen-bond acceptors (Lipinski definition) is 3. The van der Waals surface area contributed by atoms with Crippen LogP contribution in [0.1, 0.15) is 75.6 Å². The van der Waals surface area contributed by atoms with Crippen LogP contribution in [0.3, 0.4) is 0 Å². The SMILES string of the molecule is [2H]c1c([2H])c(B2OC(C)(C)C(C)(C)O2)c([2H])c(N2C([2H])([2H])C([2H])([2H])C([2H])([2H])C([2H])([2H])C2([2H])C([2H])([2H])[2H])c1[2H]. The Morgan fingerprint density at radius 3 is 2.73 bits per heavy atom. The minimum Gasteiger partial charge on any atom is -0.399 e. The molecule has 22 heavy (non-hydrogen) atoms. The van der Waals surface area contributed by atoms with Crippen molar-refractivity contribution < 1.29 is 31.2 Å². The van der Waals surface area contributed by atoms with E-state index in [0.29, 0.717) is 0 Å². The molecule has 1 atom stereocenters. The summed E-state index contributed by atoms with van der Waals surface area (Å²) in [6.07, 6.45) is -11.7. The lowest BCUT2D eigenvalue weighted by molar-refractivity contribution is 0.00578. The average Bonchev–Trinajstić information content (AvgIpc) is 2.93. The van der Waals surface area contributed by atoms with Crippen molar-refractivity contribution in [1.82, 2.24) is 0 Å². The van der Waals surface area contributed by atoms with Crippen LogP contribution in [-0.4, -0.2) is 30.8 Å². The minimum absolute atomic E-state index is 0.273. The van der Waals surface area contributed by atoms with Gasteiger partial charge in [-0.1, -0.05) is 12.1 Å². The maximum atomic E-state index is 8.80. The largest absolute Gasteiger partial charge is 0.494 e. The van der Waals surface area contributed by atoms with Gasteiger partial charge in [0.05, 0.1) is 18.1 Å². The Bertz CT molecular complexity index is 1150. The van der Waals surface area contributed by atoms with Crippen molar-refractivity contribution in [2.45, 2.75) is 70.9 Å². The van der Waals surface area contributed by atoms with Crippen molar-refractivity contribution in [3.05, 3.63) is 24.2 Å². The van der Waals surface area contributed by atoms with Crippen LogP contribution in [0.5, 0.6) is 0 Å². The monoisotopic (exact) mass is 317 g/mol. The molecule has 1 unspecified atom stereocenters. The third-order valence-corrected chi connectivity index (χ3v) is 3.98. The van der Waals surface area contributed by atoms with Gasteiger partial charge in [0.1, 0.15) is 0 Å². The summed E-state index contributed by atoms with van der Waals surface area (Å²) in [7, 11) is -1.55. The fourth-order valence-electron chi connectivity index (χ4n) is 1.99. The summed E-state index contributed by atoms with van der Waals surface area (Å²) in [5.74, 6) is 0. The van der Waals surface area contributed by atoms with Gasteiger partial charge in [0, 0.05) is 33.3 Å². The molecule has 2 aliphatic heterocycles. The first-order chi connectivity index (χ1) is 16.6. The summed E-state index contributed by atoms with van der Waals surface area (Å²) in [5.41, 5.74) is -3.78. The van der Waals surface area contributed by atoms with Gasteiger partial charge in [-0.3, -0.25) is 0 Å². The van der Waals surface area contributed by atoms with Crippen LogP contribution < -0.4 is 10.4 Å². The summed E-state index contributed by atoms with van der Waals surface area (Å²) >= 11 is 0. The number of benzene rings is 1. The zero-order valence-electron chi connectivity index (χ0n) is 28.8. The smallest absolute Gasteiger partial charge is 0.399 e. The van der Waals surface area contributed by atoms with Gasteiger partial charge < -0.3 is 14.2 Å². The van der Waals surface area contributed by atoms with E-state index < -0.39 is 92.1 Å². The third-order valence-electron chi connectivity index (χ3n) is 3.98. The van der Waals surface area contributed by atoms with E-state index in [1.54, 1.807) is 27.7 Å². The van der Waals surface area contributed by atoms with E-state index in [2.05, 4.69) is 0 Å². The first kappa shape index (κ1) is 5.53. The summed E-state index contributed by atoms with van der Waals surface area (Å²) in [6.45, 7) is -1.18. The maximum Gasteiger partial charge on any atom is 0.494 e. The molecular formula is C18H28BNO2. The molecule has 0 N–H and O–H groups in total. The molecule has 2 saturated heterocycles. The zero-order chi connectivity index (χ0) is 30.0. The normalized spacial score (nSPS) is 50.9. The molecule has 2 heterocycles. The van der Waals surface area contributed by atoms with Gasteiger partial charge in [-0.15, -0.1) is 0 Å². The number of hydrogen-bond donors (Lipinski definition) is 0. The minimum atomic E-state index is -3.97. The van der Waals surface area contributed by atoms with Crippen LogP contribution in [0.25, 0.3) is 0 Å². The van der Waals surface area contributed by atoms with Gasteiger partial charge >= 0.3 is 7.12 Å². The Morgan fingerprint density at radius 2 is 2.05 bits per heavy atom. The quantitative estimate of drug-likeness (QED) is 0.781. The molecule has 2 aliphatic rings. The topological polar surface area (TPSA) is 21.7 Å². The standard InChI is InChI=1S/C18H28BNO2/c1-14-9-6-7-12-20(14)16-11-8-10-15(13-16)19-21-17(2,3)18(4,5)22-19/h8,10-11,13-14H,6-7,9,12H2,1-5H3/i1D3,6D2,7D2,8D,9D2,10D,11D,12D2,13D,14D. The number of anilines is 1. The molecule has 3 rings (SSSR count). The van der Waals surface area contributed by atoms with Gasteiger partial charge in [0.15, 0.2) is 0 Å². The highest BCUT2D eigenvalue weighted by atomic mass is 16.7. The molecule has 0 saturated carbocycles. The predicted octanol–water partition coefficient (Wildman–Crippen LogP) is 3.36. The molecule has 4 heteroatoms. The second-order valence-corrected chi connectivity index (χ2v) is 6.02. The average molecular weight is 317 g/mol. The van der Waals surface area contributed by atoms with Gasteiger partial charge in [0.25, 0.3) is 0 Å². The second-order valence-electron chi connectivity index (χ2n) is 6.02. The molecule has 3 nitrogen and oxygen atoms in total. The van der Waals surface area contributed by atoms with E-state index in [0.717, 1.165) is 0 Å². The Kier molecular flexibility index (Phi) is 1.40. The summed E-state index contributed by atoms with van der Waals surface area (Å²) in [6, 6.07) is -7.86. The fraction of sp³-hybridized carbons (Fsp3) is 0.667. The van der Waals surface area contributed by atoms with Crippen molar-refractivity contribution in [3.63, 3.8) is 0 Å². The number of nitrogens with zero attached hydrogens (tertiary/aromatic N) is 1. The van der Waals surface area contributed by atoms with Crippen LogP contribution in [0, 0.1) is 0 Å². The lowest BCUT2D eigenvalue weighted by Crippen LogP contribution is -2.41. The maximum absolute atomic E-state index is 8.80. The highest BCUT2D eigenvalue weighted by Gasteiger charge is 2.51. The Labute approximate surface area is 157 Å². The van der Waals surface area contributed by atoms with E-state index in [9.17, 15) is 0 Å². The Balaban J connectivity index is 2.50. The third kappa shape index (κ3) is 2.79. The number of rotatable bonds is 2. The Hall–Kier alpha value is -0.995. The lowest BCUT2D eigenvalue weighted by Gasteiger charge is -2.35. The van der Waals surface area contributed by atoms with Crippen molar-refractivity contribution in [1.29, 1.82) is 0 Å². The molecular weight excluding hydrogens is 273 g/mol.